The van der Waals surface area contributed by atoms with Gasteiger partial charge in [0.1, 0.15) is 29.5 Å². The molecule has 1 aromatic heterocycles. The Morgan fingerprint density at radius 3 is 2.60 bits per heavy atom. The Morgan fingerprint density at radius 1 is 1.14 bits per heavy atom. The molecule has 16 heteroatoms. The third-order valence-corrected chi connectivity index (χ3v) is 12.5. The fraction of sp³-hybridized carbons (Fsp3) is 0.588. The second-order valence-electron chi connectivity index (χ2n) is 14.1. The highest BCUT2D eigenvalue weighted by Crippen LogP contribution is 2.47. The van der Waals surface area contributed by atoms with E-state index in [0.29, 0.717) is 42.5 Å². The molecule has 2 saturated carbocycles. The van der Waals surface area contributed by atoms with Crippen molar-refractivity contribution in [3.8, 4) is 11.6 Å². The van der Waals surface area contributed by atoms with Gasteiger partial charge in [-0.05, 0) is 62.5 Å². The van der Waals surface area contributed by atoms with Crippen molar-refractivity contribution in [2.45, 2.75) is 87.8 Å². The van der Waals surface area contributed by atoms with Gasteiger partial charge in [-0.25, -0.2) is 27.5 Å². The average molecular weight is 713 g/mol. The van der Waals surface area contributed by atoms with Gasteiger partial charge in [0, 0.05) is 25.5 Å². The molecule has 0 unspecified atom stereocenters. The highest BCUT2D eigenvalue weighted by Gasteiger charge is 2.63. The van der Waals surface area contributed by atoms with Crippen molar-refractivity contribution in [3.05, 3.63) is 36.5 Å². The molecule has 3 fully saturated rings. The predicted molar refractivity (Wildman–Crippen MR) is 181 cm³/mol. The van der Waals surface area contributed by atoms with E-state index in [9.17, 15) is 32.7 Å². The highest BCUT2D eigenvalue weighted by molar-refractivity contribution is 7.90. The first-order chi connectivity index (χ1) is 23.7. The smallest absolute Gasteiger partial charge is 0.405 e. The van der Waals surface area contributed by atoms with Crippen LogP contribution in [0.1, 0.15) is 58.8 Å². The van der Waals surface area contributed by atoms with Gasteiger partial charge in [0.05, 0.1) is 36.1 Å². The number of hydrogen-bond acceptors (Lipinski definition) is 10. The molecule has 2 aliphatic heterocycles. The van der Waals surface area contributed by atoms with Crippen LogP contribution < -0.4 is 20.1 Å². The molecule has 3 N–H and O–H groups in total. The number of rotatable bonds is 7. The monoisotopic (exact) mass is 712 g/mol. The average Bonchev–Trinajstić information content (AvgIpc) is 4.01. The van der Waals surface area contributed by atoms with E-state index >= 15 is 0 Å². The molecule has 0 spiro atoms. The van der Waals surface area contributed by atoms with E-state index in [-0.39, 0.29) is 31.2 Å². The lowest BCUT2D eigenvalue weighted by atomic mass is 9.88. The summed E-state index contributed by atoms with van der Waals surface area (Å²) in [6, 6.07) is 2.89. The largest absolute Gasteiger partial charge is 0.497 e. The zero-order chi connectivity index (χ0) is 36.0. The van der Waals surface area contributed by atoms with Gasteiger partial charge in [-0.15, -0.1) is 0 Å². The van der Waals surface area contributed by atoms with Gasteiger partial charge >= 0.3 is 6.09 Å². The van der Waals surface area contributed by atoms with Gasteiger partial charge in [-0.2, -0.15) is 0 Å². The lowest BCUT2D eigenvalue weighted by molar-refractivity contribution is -0.142. The Kier molecular flexibility index (Phi) is 9.68. The summed E-state index contributed by atoms with van der Waals surface area (Å²) in [4.78, 5) is 64.7. The summed E-state index contributed by atoms with van der Waals surface area (Å²) in [5.74, 6) is -1.98. The molecular formula is C34H44N6O9S. The first-order valence-corrected chi connectivity index (χ1v) is 18.5. The SMILES string of the molecule is COc1ccc2ncc(O[C@@H]3C[C@H]4C(=O)N[C@]5(C(=O)N(C)S(=O)(=O)C6CC6)C[C@H]5C=CCC[C@@H](C)C[C@@H](C)[C@H](NC(=O)O)C(=O)N4C3)nc2c1. The normalized spacial score (nSPS) is 30.3. The Morgan fingerprint density at radius 2 is 1.90 bits per heavy atom. The van der Waals surface area contributed by atoms with Crippen molar-refractivity contribution >= 4 is 44.9 Å². The molecule has 1 aromatic carbocycles. The maximum Gasteiger partial charge on any atom is 0.405 e. The van der Waals surface area contributed by atoms with Gasteiger partial charge in [0.2, 0.25) is 27.7 Å². The predicted octanol–water partition coefficient (Wildman–Crippen LogP) is 2.46. The van der Waals surface area contributed by atoms with E-state index in [0.717, 1.165) is 10.7 Å². The van der Waals surface area contributed by atoms with Crippen molar-refractivity contribution in [3.63, 3.8) is 0 Å². The molecule has 50 heavy (non-hydrogen) atoms. The molecule has 0 radical (unpaired) electrons. The number of allylic oxidation sites excluding steroid dienone is 1. The summed E-state index contributed by atoms with van der Waals surface area (Å²) in [6.07, 6.45) is 6.20. The minimum absolute atomic E-state index is 0.000957. The number of carbonyl (C=O) groups is 4. The van der Waals surface area contributed by atoms with Crippen molar-refractivity contribution in [1.82, 2.24) is 29.8 Å². The number of carbonyl (C=O) groups excluding carboxylic acids is 3. The van der Waals surface area contributed by atoms with Crippen LogP contribution in [0.4, 0.5) is 4.79 Å². The summed E-state index contributed by atoms with van der Waals surface area (Å²) in [7, 11) is -1.13. The van der Waals surface area contributed by atoms with Crippen LogP contribution in [0.15, 0.2) is 36.5 Å². The molecule has 0 bridgehead atoms. The van der Waals surface area contributed by atoms with E-state index in [4.69, 9.17) is 9.47 Å². The lowest BCUT2D eigenvalue weighted by Gasteiger charge is -2.32. The van der Waals surface area contributed by atoms with Crippen molar-refractivity contribution in [2.24, 2.45) is 17.8 Å². The summed E-state index contributed by atoms with van der Waals surface area (Å²) >= 11 is 0. The molecule has 1 saturated heterocycles. The Bertz CT molecular complexity index is 1820. The Balaban J connectivity index is 1.33. The number of amides is 4. The number of nitrogens with one attached hydrogen (secondary N) is 2. The quantitative estimate of drug-likeness (QED) is 0.357. The molecule has 2 aromatic rings. The first-order valence-electron chi connectivity index (χ1n) is 17.0. The first kappa shape index (κ1) is 35.4. The van der Waals surface area contributed by atoms with Crippen molar-refractivity contribution in [1.29, 1.82) is 0 Å². The number of sulfonamides is 1. The fourth-order valence-electron chi connectivity index (χ4n) is 7.25. The number of aromatic nitrogens is 2. The number of nitrogens with zero attached hydrogens (tertiary/aromatic N) is 4. The van der Waals surface area contributed by atoms with Crippen molar-refractivity contribution in [2.75, 3.05) is 20.7 Å². The van der Waals surface area contributed by atoms with Crippen molar-refractivity contribution < 1.29 is 42.2 Å². The minimum Gasteiger partial charge on any atom is -0.497 e. The number of fused-ring (bicyclic) bond motifs is 3. The third-order valence-electron chi connectivity index (χ3n) is 10.3. The highest BCUT2D eigenvalue weighted by atomic mass is 32.2. The molecule has 4 amide bonds. The Labute approximate surface area is 290 Å². The van der Waals surface area contributed by atoms with Gasteiger partial charge in [-0.3, -0.25) is 14.4 Å². The van der Waals surface area contributed by atoms with Crippen LogP contribution in [0.5, 0.6) is 11.6 Å². The summed E-state index contributed by atoms with van der Waals surface area (Å²) < 4.78 is 38.5. The number of methoxy groups -OCH3 is 1. The summed E-state index contributed by atoms with van der Waals surface area (Å²) in [5, 5.41) is 14.3. The second-order valence-corrected chi connectivity index (χ2v) is 16.3. The zero-order valence-electron chi connectivity index (χ0n) is 28.6. The zero-order valence-corrected chi connectivity index (χ0v) is 29.4. The number of benzene rings is 1. The molecule has 270 valence electrons. The number of ether oxygens (including phenoxy) is 2. The molecule has 15 nitrogen and oxygen atoms in total. The van der Waals surface area contributed by atoms with Crippen LogP contribution >= 0.6 is 0 Å². The molecule has 4 aliphatic rings. The summed E-state index contributed by atoms with van der Waals surface area (Å²) in [6.45, 7) is 3.76. The lowest BCUT2D eigenvalue weighted by Crippen LogP contribution is -2.59. The maximum atomic E-state index is 14.3. The van der Waals surface area contributed by atoms with E-state index in [1.807, 2.05) is 19.1 Å². The molecule has 3 heterocycles. The van der Waals surface area contributed by atoms with Gasteiger partial charge < -0.3 is 30.1 Å². The van der Waals surface area contributed by atoms with Gasteiger partial charge in [0.25, 0.3) is 5.91 Å². The third kappa shape index (κ3) is 7.07. The van der Waals surface area contributed by atoms with Gasteiger partial charge in [0.15, 0.2) is 0 Å². The topological polar surface area (TPSA) is 197 Å². The molecule has 7 atom stereocenters. The molecule has 2 aliphatic carbocycles. The van der Waals surface area contributed by atoms with E-state index in [2.05, 4.69) is 20.6 Å². The second kappa shape index (κ2) is 13.7. The van der Waals surface area contributed by atoms with Crippen LogP contribution in [0.25, 0.3) is 11.0 Å². The van der Waals surface area contributed by atoms with Gasteiger partial charge in [-0.1, -0.05) is 26.0 Å². The van der Waals surface area contributed by atoms with Crippen LogP contribution in [-0.4, -0.2) is 106 Å². The van der Waals surface area contributed by atoms with Crippen LogP contribution in [-0.2, 0) is 24.4 Å². The Hall–Kier alpha value is -4.47. The van der Waals surface area contributed by atoms with Crippen LogP contribution in [0, 0.1) is 17.8 Å². The van der Waals surface area contributed by atoms with Crippen LogP contribution in [0.2, 0.25) is 0 Å². The van der Waals surface area contributed by atoms with E-state index in [1.165, 1.54) is 25.3 Å². The number of hydrogen-bond donors (Lipinski definition) is 3. The minimum atomic E-state index is -3.89. The van der Waals surface area contributed by atoms with Crippen LogP contribution in [0.3, 0.4) is 0 Å². The summed E-state index contributed by atoms with van der Waals surface area (Å²) in [5.41, 5.74) is -0.400. The molecular weight excluding hydrogens is 668 g/mol. The number of carboxylic acid groups (broad SMARTS) is 1. The molecule has 6 rings (SSSR count). The number of likely N-dealkylation sites (N-methyl/N-ethyl adjacent to an activating group) is 1. The standard InChI is InChI=1S/C34H44N6O9S/c1-19-7-5-6-8-21-16-34(21,32(43)39(3)50(46,47)24-10-11-24)38-30(41)27-15-23(18-40(27)31(42)29(20(2)13-19)37-33(44)45)49-28-17-35-25-12-9-22(48-4)14-26(25)36-28/h6,8-9,12,14,17,19-21,23-24,27,29,37H,5,7,10-11,13,15-16,18H2,1-4H3,(H,38,41)(H,44,45)/t19-,20-,21-,23-,27+,29+,34-/m1/s1. The van der Waals surface area contributed by atoms with E-state index in [1.54, 1.807) is 25.1 Å². The fourth-order valence-corrected chi connectivity index (χ4v) is 8.82. The maximum absolute atomic E-state index is 14.3. The van der Waals surface area contributed by atoms with E-state index < -0.39 is 74.7 Å².